The third-order valence-corrected chi connectivity index (χ3v) is 4.82. The fraction of sp³-hybridized carbons (Fsp3) is 0.895. The van der Waals surface area contributed by atoms with Crippen LogP contribution in [0, 0.1) is 5.92 Å². The maximum atomic E-state index is 11.8. The summed E-state index contributed by atoms with van der Waals surface area (Å²) in [5, 5.41) is 1.85. The highest BCUT2D eigenvalue weighted by molar-refractivity contribution is 5.72. The summed E-state index contributed by atoms with van der Waals surface area (Å²) in [5.41, 5.74) is -0.503. The molecule has 26 heavy (non-hydrogen) atoms. The Labute approximate surface area is 156 Å². The molecule has 0 radical (unpaired) electrons. The summed E-state index contributed by atoms with van der Waals surface area (Å²) in [6.07, 6.45) is 5.60. The lowest BCUT2D eigenvalue weighted by Gasteiger charge is -2.30. The fourth-order valence-corrected chi connectivity index (χ4v) is 3.53. The third-order valence-electron chi connectivity index (χ3n) is 4.82. The molecule has 0 unspecified atom stereocenters. The van der Waals surface area contributed by atoms with Gasteiger partial charge in [0.25, 0.3) is 0 Å². The number of hydroxylamine groups is 2. The van der Waals surface area contributed by atoms with E-state index in [-0.39, 0.29) is 36.6 Å². The highest BCUT2D eigenvalue weighted by atomic mass is 16.7. The van der Waals surface area contributed by atoms with Crippen LogP contribution in [0.25, 0.3) is 0 Å². The quantitative estimate of drug-likeness (QED) is 0.637. The highest BCUT2D eigenvalue weighted by Crippen LogP contribution is 2.28. The molecule has 1 atom stereocenters. The Morgan fingerprint density at radius 1 is 1.08 bits per heavy atom. The minimum Gasteiger partial charge on any atom is -0.469 e. The average molecular weight is 371 g/mol. The van der Waals surface area contributed by atoms with Gasteiger partial charge in [0.2, 0.25) is 0 Å². The van der Waals surface area contributed by atoms with Crippen LogP contribution < -0.4 is 0 Å². The van der Waals surface area contributed by atoms with E-state index in [9.17, 15) is 9.59 Å². The second kappa shape index (κ2) is 9.67. The van der Waals surface area contributed by atoms with Crippen molar-refractivity contribution in [2.75, 3.05) is 26.9 Å². The van der Waals surface area contributed by atoms with Crippen molar-refractivity contribution in [2.24, 2.45) is 5.92 Å². The molecule has 0 aromatic heterocycles. The van der Waals surface area contributed by atoms with Gasteiger partial charge in [-0.1, -0.05) is 0 Å². The molecular formula is C19H33NO6. The van der Waals surface area contributed by atoms with E-state index in [0.29, 0.717) is 6.61 Å². The minimum atomic E-state index is -0.503. The molecule has 2 rings (SSSR count). The van der Waals surface area contributed by atoms with Crippen LogP contribution in [0.4, 0.5) is 0 Å². The van der Waals surface area contributed by atoms with Gasteiger partial charge in [-0.25, -0.2) is 4.79 Å². The number of hydrogen-bond acceptors (Lipinski definition) is 7. The third kappa shape index (κ3) is 6.85. The van der Waals surface area contributed by atoms with Gasteiger partial charge in [0.1, 0.15) is 5.60 Å². The summed E-state index contributed by atoms with van der Waals surface area (Å²) >= 11 is 0. The van der Waals surface area contributed by atoms with Gasteiger partial charge >= 0.3 is 11.9 Å². The first-order valence-corrected chi connectivity index (χ1v) is 9.59. The van der Waals surface area contributed by atoms with Gasteiger partial charge in [0, 0.05) is 6.54 Å². The first-order chi connectivity index (χ1) is 12.3. The lowest BCUT2D eigenvalue weighted by Crippen LogP contribution is -2.38. The fourth-order valence-electron chi connectivity index (χ4n) is 3.53. The van der Waals surface area contributed by atoms with E-state index in [4.69, 9.17) is 19.0 Å². The van der Waals surface area contributed by atoms with Crippen LogP contribution in [0.3, 0.4) is 0 Å². The van der Waals surface area contributed by atoms with E-state index in [1.165, 1.54) is 7.11 Å². The van der Waals surface area contributed by atoms with Gasteiger partial charge in [0.05, 0.1) is 31.8 Å². The molecule has 0 aromatic carbocycles. The molecule has 1 aliphatic heterocycles. The SMILES string of the molecule is COC(=O)[C@H]1CC[C@H](OC[C@H]2CCCN2OCC(=O)OC(C)(C)C)CC1. The van der Waals surface area contributed by atoms with Crippen molar-refractivity contribution in [3.05, 3.63) is 0 Å². The number of methoxy groups -OCH3 is 1. The molecule has 7 heteroatoms. The Morgan fingerprint density at radius 2 is 1.77 bits per heavy atom. The Balaban J connectivity index is 1.67. The summed E-state index contributed by atoms with van der Waals surface area (Å²) < 4.78 is 16.1. The topological polar surface area (TPSA) is 74.3 Å². The lowest BCUT2D eigenvalue weighted by molar-refractivity contribution is -0.203. The standard InChI is InChI=1S/C19H33NO6/c1-19(2,3)26-17(21)13-25-20-11-5-6-15(20)12-24-16-9-7-14(8-10-16)18(22)23-4/h14-16H,5-13H2,1-4H3/t14-,15-,16-/m1/s1. The number of esters is 2. The van der Waals surface area contributed by atoms with Crippen molar-refractivity contribution in [2.45, 2.75) is 77.0 Å². The number of carbonyl (C=O) groups is 2. The van der Waals surface area contributed by atoms with Crippen molar-refractivity contribution in [3.63, 3.8) is 0 Å². The normalized spacial score (nSPS) is 27.3. The van der Waals surface area contributed by atoms with E-state index >= 15 is 0 Å². The molecule has 0 amide bonds. The van der Waals surface area contributed by atoms with E-state index in [1.54, 1.807) is 0 Å². The molecule has 0 bridgehead atoms. The van der Waals surface area contributed by atoms with E-state index in [1.807, 2.05) is 25.8 Å². The second-order valence-corrected chi connectivity index (χ2v) is 8.13. The van der Waals surface area contributed by atoms with Crippen LogP contribution in [0.1, 0.15) is 59.3 Å². The Morgan fingerprint density at radius 3 is 2.38 bits per heavy atom. The van der Waals surface area contributed by atoms with Crippen LogP contribution in [0.5, 0.6) is 0 Å². The first kappa shape index (κ1) is 21.1. The van der Waals surface area contributed by atoms with Crippen molar-refractivity contribution in [1.82, 2.24) is 5.06 Å². The summed E-state index contributed by atoms with van der Waals surface area (Å²) in [4.78, 5) is 29.0. The molecule has 2 aliphatic rings. The molecule has 7 nitrogen and oxygen atoms in total. The smallest absolute Gasteiger partial charge is 0.334 e. The van der Waals surface area contributed by atoms with Crippen molar-refractivity contribution in [1.29, 1.82) is 0 Å². The first-order valence-electron chi connectivity index (χ1n) is 9.59. The zero-order valence-electron chi connectivity index (χ0n) is 16.5. The molecule has 0 aromatic rings. The summed E-state index contributed by atoms with van der Waals surface area (Å²) in [6.45, 7) is 6.83. The zero-order chi connectivity index (χ0) is 19.2. The predicted molar refractivity (Wildman–Crippen MR) is 95.2 cm³/mol. The van der Waals surface area contributed by atoms with Crippen molar-refractivity contribution < 1.29 is 28.6 Å². The van der Waals surface area contributed by atoms with Gasteiger partial charge < -0.3 is 14.2 Å². The van der Waals surface area contributed by atoms with Crippen LogP contribution in [0.2, 0.25) is 0 Å². The molecule has 1 aliphatic carbocycles. The Hall–Kier alpha value is -1.18. The Bertz CT molecular complexity index is 467. The van der Waals surface area contributed by atoms with Gasteiger partial charge in [-0.05, 0) is 59.3 Å². The predicted octanol–water partition coefficient (Wildman–Crippen LogP) is 2.47. The largest absolute Gasteiger partial charge is 0.469 e. The summed E-state index contributed by atoms with van der Waals surface area (Å²) in [6, 6.07) is 0.163. The minimum absolute atomic E-state index is 0.0139. The Kier molecular flexibility index (Phi) is 7.85. The molecule has 1 saturated carbocycles. The molecule has 0 spiro atoms. The number of nitrogens with zero attached hydrogens (tertiary/aromatic N) is 1. The number of hydrogen-bond donors (Lipinski definition) is 0. The van der Waals surface area contributed by atoms with Crippen LogP contribution in [-0.4, -0.2) is 61.6 Å². The maximum Gasteiger partial charge on any atom is 0.334 e. The molecule has 1 saturated heterocycles. The lowest BCUT2D eigenvalue weighted by atomic mass is 9.87. The van der Waals surface area contributed by atoms with Crippen LogP contribution in [-0.2, 0) is 28.6 Å². The summed E-state index contributed by atoms with van der Waals surface area (Å²) in [7, 11) is 1.44. The van der Waals surface area contributed by atoms with E-state index in [2.05, 4.69) is 0 Å². The van der Waals surface area contributed by atoms with Crippen LogP contribution in [0.15, 0.2) is 0 Å². The van der Waals surface area contributed by atoms with Gasteiger partial charge in [-0.3, -0.25) is 9.63 Å². The van der Waals surface area contributed by atoms with Crippen molar-refractivity contribution >= 4 is 11.9 Å². The van der Waals surface area contributed by atoms with E-state index < -0.39 is 5.60 Å². The zero-order valence-corrected chi connectivity index (χ0v) is 16.5. The summed E-state index contributed by atoms with van der Waals surface area (Å²) in [5.74, 6) is -0.453. The number of ether oxygens (including phenoxy) is 3. The molecule has 2 fully saturated rings. The molecule has 150 valence electrons. The van der Waals surface area contributed by atoms with Gasteiger partial charge in [-0.2, -0.15) is 5.06 Å². The number of carbonyl (C=O) groups excluding carboxylic acids is 2. The van der Waals surface area contributed by atoms with Crippen molar-refractivity contribution in [3.8, 4) is 0 Å². The number of rotatable bonds is 7. The van der Waals surface area contributed by atoms with Crippen LogP contribution >= 0.6 is 0 Å². The highest BCUT2D eigenvalue weighted by Gasteiger charge is 2.31. The monoisotopic (exact) mass is 371 g/mol. The molecule has 0 N–H and O–H groups in total. The van der Waals surface area contributed by atoms with Gasteiger partial charge in [0.15, 0.2) is 6.61 Å². The van der Waals surface area contributed by atoms with Gasteiger partial charge in [-0.15, -0.1) is 0 Å². The maximum absolute atomic E-state index is 11.8. The second-order valence-electron chi connectivity index (χ2n) is 8.13. The average Bonchev–Trinajstić information content (AvgIpc) is 3.04. The van der Waals surface area contributed by atoms with E-state index in [0.717, 1.165) is 45.1 Å². The molecular weight excluding hydrogens is 338 g/mol. The molecule has 1 heterocycles.